The van der Waals surface area contributed by atoms with Gasteiger partial charge in [0.1, 0.15) is 0 Å². The minimum absolute atomic E-state index is 0. The van der Waals surface area contributed by atoms with E-state index in [1.165, 1.54) is 246 Å². The molecular weight excluding hydrogens is 840 g/mol. The molecule has 13 nitrogen and oxygen atoms in total. The lowest BCUT2D eigenvalue weighted by Crippen LogP contribution is -2.50. The van der Waals surface area contributed by atoms with Crippen molar-refractivity contribution in [2.24, 2.45) is 0 Å². The maximum absolute atomic E-state index is 9.44. The lowest BCUT2D eigenvalue weighted by Gasteiger charge is -2.39. The summed E-state index contributed by atoms with van der Waals surface area (Å²) in [6, 6.07) is 0. The van der Waals surface area contributed by atoms with Gasteiger partial charge in [0.25, 0.3) is 7.82 Å². The van der Waals surface area contributed by atoms with Crippen LogP contribution in [0.4, 0.5) is 0 Å². The first-order chi connectivity index (χ1) is 28.4. The zero-order valence-corrected chi connectivity index (χ0v) is 45.9. The number of nitrogens with zero attached hydrogens (tertiary/aromatic N) is 3. The molecule has 0 saturated carbocycles. The van der Waals surface area contributed by atoms with Gasteiger partial charge in [-0.1, -0.05) is 160 Å². The number of hydrogen-bond donors (Lipinski definition) is 1. The van der Waals surface area contributed by atoms with E-state index in [4.69, 9.17) is 4.89 Å². The van der Waals surface area contributed by atoms with Crippen LogP contribution in [0.1, 0.15) is 237 Å². The quantitative estimate of drug-likeness (QED) is 0.0465. The van der Waals surface area contributed by atoms with Crippen molar-refractivity contribution in [3.8, 4) is 0 Å². The Kier molecular flexibility index (Phi) is 63.0. The van der Waals surface area contributed by atoms with Crippen LogP contribution in [0.25, 0.3) is 0 Å². The summed E-state index contributed by atoms with van der Waals surface area (Å²) in [5.74, 6) is 0. The van der Waals surface area contributed by atoms with E-state index >= 15 is 0 Å². The molecule has 1 atom stereocenters. The van der Waals surface area contributed by atoms with Gasteiger partial charge in [0, 0.05) is 0 Å². The molecule has 0 amide bonds. The van der Waals surface area contributed by atoms with E-state index in [0.29, 0.717) is 0 Å². The highest BCUT2D eigenvalue weighted by atomic mass is 31.3. The van der Waals surface area contributed by atoms with Crippen LogP contribution in [-0.4, -0.2) is 113 Å². The molecule has 0 heterocycles. The summed E-state index contributed by atoms with van der Waals surface area (Å²) in [7, 11) is -11.0. The topological polar surface area (TPSA) is 227 Å². The second-order valence-corrected chi connectivity index (χ2v) is 20.4. The van der Waals surface area contributed by atoms with Gasteiger partial charge in [-0.3, -0.25) is 8.88 Å². The fourth-order valence-corrected chi connectivity index (χ4v) is 9.07. The predicted octanol–water partition coefficient (Wildman–Crippen LogP) is 9.83. The average molecular weight is 956 g/mol. The van der Waals surface area contributed by atoms with E-state index < -0.39 is 15.6 Å². The average Bonchev–Trinajstić information content (AvgIpc) is 3.21. The standard InChI is InChI=1S/3C16H36N.H4O7P2.3H2O/c3*1-5-9-13-17(14-10-6-2,15-11-7-3)16-12-8-4;1-8(2,3)7-9(4,5)6;;;/h3*5-16H2,1-4H3;(H2,1,2,3)(H2,4,5,6);3*1H2/q3*+1;;;;/p-3. The third-order valence-electron chi connectivity index (χ3n) is 12.0. The van der Waals surface area contributed by atoms with Crippen LogP contribution in [0.2, 0.25) is 0 Å². The van der Waals surface area contributed by atoms with Gasteiger partial charge in [-0.2, -0.15) is 0 Å². The molecule has 0 aliphatic carbocycles. The molecule has 0 aliphatic rings. The van der Waals surface area contributed by atoms with Gasteiger partial charge < -0.3 is 54.0 Å². The van der Waals surface area contributed by atoms with Crippen molar-refractivity contribution in [2.45, 2.75) is 237 Å². The molecule has 15 heteroatoms. The lowest BCUT2D eigenvalue weighted by atomic mass is 10.1. The SMILES string of the molecule is CCCC[N+](CCCC)(CCCC)CCCC.CCCC[N+](CCCC)(CCCC)CCCC.CCCC[N+](CCCC)(CCCC)CCCC.O.O.O.O=P([O-])([O-])OP(=O)([O-])O. The Hall–Kier alpha value is 0.0200. The van der Waals surface area contributed by atoms with Gasteiger partial charge in [-0.05, 0) is 77.0 Å². The maximum atomic E-state index is 9.44. The van der Waals surface area contributed by atoms with Crippen molar-refractivity contribution in [1.82, 2.24) is 0 Å². The molecule has 1 unspecified atom stereocenters. The van der Waals surface area contributed by atoms with Gasteiger partial charge in [0.15, 0.2) is 0 Å². The summed E-state index contributed by atoms with van der Waals surface area (Å²) in [5.41, 5.74) is 0. The van der Waals surface area contributed by atoms with Crippen LogP contribution in [-0.2, 0) is 13.4 Å². The first kappa shape index (κ1) is 77.2. The van der Waals surface area contributed by atoms with Gasteiger partial charge in [-0.25, -0.2) is 0 Å². The number of rotatable bonds is 38. The Bertz CT molecular complexity index is 755. The third kappa shape index (κ3) is 51.3. The number of hydrogen-bond acceptors (Lipinski definition) is 6. The summed E-state index contributed by atoms with van der Waals surface area (Å²) in [6.45, 7) is 45.1. The highest BCUT2D eigenvalue weighted by Gasteiger charge is 2.27. The molecule has 0 aromatic carbocycles. The fourth-order valence-electron chi connectivity index (χ4n) is 8.06. The Labute approximate surface area is 393 Å². The van der Waals surface area contributed by atoms with Gasteiger partial charge in [-0.15, -0.1) is 0 Å². The molecule has 0 aliphatic heterocycles. The Morgan fingerprint density at radius 1 is 0.317 bits per heavy atom. The molecular formula is C48H115N3O10P2. The Morgan fingerprint density at radius 3 is 0.476 bits per heavy atom. The second kappa shape index (κ2) is 51.4. The zero-order chi connectivity index (χ0) is 46.7. The van der Waals surface area contributed by atoms with Crippen molar-refractivity contribution in [3.05, 3.63) is 0 Å². The van der Waals surface area contributed by atoms with Crippen molar-refractivity contribution >= 4 is 15.6 Å². The van der Waals surface area contributed by atoms with Crippen LogP contribution in [0, 0.1) is 0 Å². The summed E-state index contributed by atoms with van der Waals surface area (Å²) >= 11 is 0. The molecule has 0 radical (unpaired) electrons. The van der Waals surface area contributed by atoms with Gasteiger partial charge >= 0.3 is 0 Å². The third-order valence-corrected chi connectivity index (χ3v) is 13.7. The first-order valence-corrected chi connectivity index (χ1v) is 28.7. The predicted molar refractivity (Wildman–Crippen MR) is 267 cm³/mol. The monoisotopic (exact) mass is 956 g/mol. The molecule has 63 heavy (non-hydrogen) atoms. The van der Waals surface area contributed by atoms with Gasteiger partial charge in [0.2, 0.25) is 0 Å². The fraction of sp³-hybridized carbons (Fsp3) is 1.00. The molecule has 0 fully saturated rings. The normalized spacial score (nSPS) is 12.4. The minimum atomic E-state index is -5.61. The van der Waals surface area contributed by atoms with Crippen LogP contribution in [0.3, 0.4) is 0 Å². The molecule has 0 bridgehead atoms. The summed E-state index contributed by atoms with van der Waals surface area (Å²) in [4.78, 5) is 35.7. The zero-order valence-electron chi connectivity index (χ0n) is 44.1. The minimum Gasteiger partial charge on any atom is -0.790 e. The highest BCUT2D eigenvalue weighted by molar-refractivity contribution is 7.58. The van der Waals surface area contributed by atoms with E-state index in [-0.39, 0.29) is 16.4 Å². The number of phosphoric acid groups is 2. The Morgan fingerprint density at radius 2 is 0.429 bits per heavy atom. The van der Waals surface area contributed by atoms with E-state index in [9.17, 15) is 23.8 Å². The number of quaternary nitrogens is 3. The molecule has 0 aromatic rings. The summed E-state index contributed by atoms with van der Waals surface area (Å²) < 4.78 is 25.7. The van der Waals surface area contributed by atoms with Crippen LogP contribution < -0.4 is 14.7 Å². The van der Waals surface area contributed by atoms with E-state index in [0.717, 1.165) is 0 Å². The van der Waals surface area contributed by atoms with Crippen LogP contribution in [0.5, 0.6) is 0 Å². The van der Waals surface area contributed by atoms with E-state index in [1.807, 2.05) is 0 Å². The van der Waals surface area contributed by atoms with Crippen molar-refractivity contribution in [3.63, 3.8) is 0 Å². The van der Waals surface area contributed by atoms with Gasteiger partial charge in [0.05, 0.1) is 86.4 Å². The molecule has 0 rings (SSSR count). The number of unbranched alkanes of at least 4 members (excludes halogenated alkanes) is 12. The van der Waals surface area contributed by atoms with Crippen molar-refractivity contribution in [1.29, 1.82) is 0 Å². The maximum Gasteiger partial charge on any atom is 0.269 e. The molecule has 0 saturated heterocycles. The smallest absolute Gasteiger partial charge is 0.269 e. The van der Waals surface area contributed by atoms with Crippen molar-refractivity contribution < 1.29 is 62.9 Å². The van der Waals surface area contributed by atoms with E-state index in [2.05, 4.69) is 87.4 Å². The lowest BCUT2D eigenvalue weighted by molar-refractivity contribution is -0.929. The molecule has 7 N–H and O–H groups in total. The highest BCUT2D eigenvalue weighted by Crippen LogP contribution is 2.45. The second-order valence-electron chi connectivity index (χ2n) is 17.9. The van der Waals surface area contributed by atoms with Crippen molar-refractivity contribution in [2.75, 3.05) is 78.5 Å². The molecule has 392 valence electrons. The van der Waals surface area contributed by atoms with E-state index in [1.54, 1.807) is 0 Å². The largest absolute Gasteiger partial charge is 0.790 e. The molecule has 0 spiro atoms. The van der Waals surface area contributed by atoms with Crippen LogP contribution in [0.15, 0.2) is 0 Å². The Balaban J connectivity index is -0.000000133. The first-order valence-electron chi connectivity index (χ1n) is 25.8. The van der Waals surface area contributed by atoms with Crippen LogP contribution >= 0.6 is 15.6 Å². The summed E-state index contributed by atoms with van der Waals surface area (Å²) in [5, 5.41) is 0. The molecule has 0 aromatic heterocycles. The summed E-state index contributed by atoms with van der Waals surface area (Å²) in [6.07, 6.45) is 33.2.